The van der Waals surface area contributed by atoms with E-state index in [2.05, 4.69) is 36.5 Å². The molecular weight excluding hydrogens is 262 g/mol. The van der Waals surface area contributed by atoms with Crippen molar-refractivity contribution in [1.29, 1.82) is 0 Å². The van der Waals surface area contributed by atoms with Gasteiger partial charge in [-0.3, -0.25) is 0 Å². The number of fused-ring (bicyclic) bond motifs is 1. The predicted molar refractivity (Wildman–Crippen MR) is 84.1 cm³/mol. The van der Waals surface area contributed by atoms with Gasteiger partial charge >= 0.3 is 0 Å². The van der Waals surface area contributed by atoms with E-state index in [0.29, 0.717) is 0 Å². The first-order valence-corrected chi connectivity index (χ1v) is 7.28. The molecule has 21 heavy (non-hydrogen) atoms. The Hall–Kier alpha value is -2.00. The van der Waals surface area contributed by atoms with E-state index in [-0.39, 0.29) is 12.1 Å². The largest absolute Gasteiger partial charge is 0.497 e. The standard InChI is InChI=1S/C18H21NO2/c1-12-4-7-14(8-5-12)21-17-10-13-6-9-15(20-3)11-16(13)18(17)19-2/h4-9,11,17-19H,10H2,1-3H3. The highest BCUT2D eigenvalue weighted by molar-refractivity contribution is 5.43. The van der Waals surface area contributed by atoms with E-state index in [4.69, 9.17) is 9.47 Å². The van der Waals surface area contributed by atoms with E-state index in [1.54, 1.807) is 7.11 Å². The Morgan fingerprint density at radius 2 is 1.76 bits per heavy atom. The SMILES string of the molecule is CNC1c2cc(OC)ccc2CC1Oc1ccc(C)cc1. The molecule has 2 atom stereocenters. The highest BCUT2D eigenvalue weighted by Gasteiger charge is 2.33. The molecule has 0 saturated carbocycles. The normalized spacial score (nSPS) is 20.1. The molecule has 1 aliphatic rings. The van der Waals surface area contributed by atoms with E-state index in [9.17, 15) is 0 Å². The first kappa shape index (κ1) is 14.0. The fourth-order valence-electron chi connectivity index (χ4n) is 2.95. The van der Waals surface area contributed by atoms with Gasteiger partial charge in [0.2, 0.25) is 0 Å². The molecule has 0 amide bonds. The van der Waals surface area contributed by atoms with Gasteiger partial charge in [-0.25, -0.2) is 0 Å². The first-order valence-electron chi connectivity index (χ1n) is 7.28. The highest BCUT2D eigenvalue weighted by Crippen LogP contribution is 2.36. The molecule has 2 unspecified atom stereocenters. The number of rotatable bonds is 4. The summed E-state index contributed by atoms with van der Waals surface area (Å²) < 4.78 is 11.5. The molecule has 3 rings (SSSR count). The lowest BCUT2D eigenvalue weighted by atomic mass is 10.1. The van der Waals surface area contributed by atoms with E-state index < -0.39 is 0 Å². The number of methoxy groups -OCH3 is 1. The molecule has 0 saturated heterocycles. The van der Waals surface area contributed by atoms with Crippen molar-refractivity contribution in [2.75, 3.05) is 14.2 Å². The van der Waals surface area contributed by atoms with Gasteiger partial charge in [-0.2, -0.15) is 0 Å². The van der Waals surface area contributed by atoms with Crippen molar-refractivity contribution in [2.45, 2.75) is 25.5 Å². The second-order valence-electron chi connectivity index (χ2n) is 5.50. The van der Waals surface area contributed by atoms with Gasteiger partial charge in [0.1, 0.15) is 17.6 Å². The number of ether oxygens (including phenoxy) is 2. The molecule has 0 fully saturated rings. The Labute approximate surface area is 125 Å². The number of hydrogen-bond donors (Lipinski definition) is 1. The minimum absolute atomic E-state index is 0.111. The Bertz CT molecular complexity index is 622. The van der Waals surface area contributed by atoms with Crippen LogP contribution in [-0.4, -0.2) is 20.3 Å². The van der Waals surface area contributed by atoms with Gasteiger partial charge in [-0.1, -0.05) is 23.8 Å². The summed E-state index contributed by atoms with van der Waals surface area (Å²) in [4.78, 5) is 0. The van der Waals surface area contributed by atoms with Crippen molar-refractivity contribution in [3.05, 3.63) is 59.2 Å². The van der Waals surface area contributed by atoms with Crippen molar-refractivity contribution in [1.82, 2.24) is 5.32 Å². The summed E-state index contributed by atoms with van der Waals surface area (Å²) in [5.41, 5.74) is 3.84. The van der Waals surface area contributed by atoms with E-state index in [1.807, 2.05) is 25.2 Å². The zero-order valence-corrected chi connectivity index (χ0v) is 12.7. The molecule has 1 aliphatic carbocycles. The summed E-state index contributed by atoms with van der Waals surface area (Å²) in [6.45, 7) is 2.08. The predicted octanol–water partition coefficient (Wildman–Crippen LogP) is 3.27. The van der Waals surface area contributed by atoms with Crippen LogP contribution >= 0.6 is 0 Å². The summed E-state index contributed by atoms with van der Waals surface area (Å²) in [7, 11) is 3.68. The van der Waals surface area contributed by atoms with Gasteiger partial charge in [0.15, 0.2) is 0 Å². The quantitative estimate of drug-likeness (QED) is 0.934. The van der Waals surface area contributed by atoms with Crippen molar-refractivity contribution in [2.24, 2.45) is 0 Å². The lowest BCUT2D eigenvalue weighted by Crippen LogP contribution is -2.30. The van der Waals surface area contributed by atoms with Crippen LogP contribution < -0.4 is 14.8 Å². The van der Waals surface area contributed by atoms with Gasteiger partial charge in [0, 0.05) is 6.42 Å². The smallest absolute Gasteiger partial charge is 0.122 e. The first-order chi connectivity index (χ1) is 10.2. The Balaban J connectivity index is 1.83. The minimum atomic E-state index is 0.111. The van der Waals surface area contributed by atoms with Gasteiger partial charge < -0.3 is 14.8 Å². The van der Waals surface area contributed by atoms with Crippen LogP contribution in [-0.2, 0) is 6.42 Å². The third-order valence-corrected chi connectivity index (χ3v) is 4.10. The summed E-state index contributed by atoms with van der Waals surface area (Å²) in [5, 5.41) is 3.37. The molecule has 2 aromatic carbocycles. The van der Waals surface area contributed by atoms with Crippen LogP contribution in [0.2, 0.25) is 0 Å². The number of benzene rings is 2. The number of hydrogen-bond acceptors (Lipinski definition) is 3. The van der Waals surface area contributed by atoms with Crippen molar-refractivity contribution in [3.63, 3.8) is 0 Å². The molecular formula is C18H21NO2. The van der Waals surface area contributed by atoms with Crippen LogP contribution in [0.1, 0.15) is 22.7 Å². The Morgan fingerprint density at radius 1 is 1.05 bits per heavy atom. The van der Waals surface area contributed by atoms with Gasteiger partial charge in [-0.05, 0) is 49.4 Å². The lowest BCUT2D eigenvalue weighted by Gasteiger charge is -2.21. The zero-order chi connectivity index (χ0) is 14.8. The minimum Gasteiger partial charge on any atom is -0.497 e. The zero-order valence-electron chi connectivity index (χ0n) is 12.7. The second-order valence-corrected chi connectivity index (χ2v) is 5.50. The van der Waals surface area contributed by atoms with Crippen LogP contribution in [0.25, 0.3) is 0 Å². The van der Waals surface area contributed by atoms with Crippen LogP contribution in [0.4, 0.5) is 0 Å². The monoisotopic (exact) mass is 283 g/mol. The molecule has 3 heteroatoms. The molecule has 110 valence electrons. The number of aryl methyl sites for hydroxylation is 1. The van der Waals surface area contributed by atoms with E-state index in [0.717, 1.165) is 17.9 Å². The third kappa shape index (κ3) is 2.74. The fraction of sp³-hybridized carbons (Fsp3) is 0.333. The summed E-state index contributed by atoms with van der Waals surface area (Å²) in [6.07, 6.45) is 1.03. The topological polar surface area (TPSA) is 30.5 Å². The van der Waals surface area contributed by atoms with Crippen molar-refractivity contribution >= 4 is 0 Å². The maximum Gasteiger partial charge on any atom is 0.122 e. The molecule has 0 spiro atoms. The van der Waals surface area contributed by atoms with Gasteiger partial charge in [0.05, 0.1) is 13.2 Å². The lowest BCUT2D eigenvalue weighted by molar-refractivity contribution is 0.171. The summed E-state index contributed by atoms with van der Waals surface area (Å²) in [5.74, 6) is 1.82. The molecule has 0 radical (unpaired) electrons. The molecule has 0 bridgehead atoms. The number of likely N-dealkylation sites (N-methyl/N-ethyl adjacent to an activating group) is 1. The van der Waals surface area contributed by atoms with E-state index in [1.165, 1.54) is 16.7 Å². The van der Waals surface area contributed by atoms with Crippen LogP contribution in [0.15, 0.2) is 42.5 Å². The summed E-state index contributed by atoms with van der Waals surface area (Å²) in [6, 6.07) is 14.7. The Kier molecular flexibility index (Phi) is 3.84. The van der Waals surface area contributed by atoms with E-state index >= 15 is 0 Å². The average molecular weight is 283 g/mol. The van der Waals surface area contributed by atoms with Crippen LogP contribution in [0.5, 0.6) is 11.5 Å². The van der Waals surface area contributed by atoms with Crippen LogP contribution in [0.3, 0.4) is 0 Å². The maximum atomic E-state index is 6.19. The second kappa shape index (κ2) is 5.78. The third-order valence-electron chi connectivity index (χ3n) is 4.10. The molecule has 2 aromatic rings. The van der Waals surface area contributed by atoms with Crippen molar-refractivity contribution < 1.29 is 9.47 Å². The molecule has 1 N–H and O–H groups in total. The van der Waals surface area contributed by atoms with Crippen molar-refractivity contribution in [3.8, 4) is 11.5 Å². The van der Waals surface area contributed by atoms with Gasteiger partial charge in [0.25, 0.3) is 0 Å². The maximum absolute atomic E-state index is 6.19. The molecule has 3 nitrogen and oxygen atoms in total. The van der Waals surface area contributed by atoms with Gasteiger partial charge in [-0.15, -0.1) is 0 Å². The van der Waals surface area contributed by atoms with Crippen LogP contribution in [0, 0.1) is 6.92 Å². The molecule has 0 heterocycles. The Morgan fingerprint density at radius 3 is 2.43 bits per heavy atom. The summed E-state index contributed by atoms with van der Waals surface area (Å²) >= 11 is 0. The number of nitrogens with one attached hydrogen (secondary N) is 1. The highest BCUT2D eigenvalue weighted by atomic mass is 16.5. The molecule has 0 aliphatic heterocycles. The fourth-order valence-corrected chi connectivity index (χ4v) is 2.95. The molecule has 0 aromatic heterocycles. The average Bonchev–Trinajstić information content (AvgIpc) is 2.85.